The van der Waals surface area contributed by atoms with Gasteiger partial charge in [-0.2, -0.15) is 13.2 Å². The minimum absolute atomic E-state index is 0.0243. The Morgan fingerprint density at radius 1 is 1.19 bits per heavy atom. The number of fused-ring (bicyclic) bond motifs is 1. The molecule has 0 aliphatic carbocycles. The number of benzene rings is 1. The van der Waals surface area contributed by atoms with E-state index < -0.39 is 29.8 Å². The van der Waals surface area contributed by atoms with Gasteiger partial charge in [0.25, 0.3) is 5.91 Å². The Morgan fingerprint density at radius 2 is 1.89 bits per heavy atom. The maximum Gasteiger partial charge on any atom is 0.433 e. The predicted octanol–water partition coefficient (Wildman–Crippen LogP) is 3.32. The van der Waals surface area contributed by atoms with Crippen molar-refractivity contribution in [2.45, 2.75) is 25.6 Å². The second-order valence-corrected chi connectivity index (χ2v) is 6.20. The molecule has 1 atom stereocenters. The van der Waals surface area contributed by atoms with Crippen molar-refractivity contribution in [3.05, 3.63) is 64.5 Å². The molecule has 1 aromatic carbocycles. The number of carbonyl (C=O) groups excluding carboxylic acids is 2. The van der Waals surface area contributed by atoms with Gasteiger partial charge in [-0.25, -0.2) is 9.78 Å². The SMILES string of the molecule is COC(=O)C1c2ccccc2CCN1C(=O)c1ccc(C(F)(F)F)nc1C. The maximum atomic E-state index is 13.0. The Kier molecular flexibility index (Phi) is 4.91. The van der Waals surface area contributed by atoms with Crippen LogP contribution in [0.2, 0.25) is 0 Å². The number of hydrogen-bond donors (Lipinski definition) is 0. The fourth-order valence-electron chi connectivity index (χ4n) is 3.25. The highest BCUT2D eigenvalue weighted by atomic mass is 19.4. The van der Waals surface area contributed by atoms with Crippen LogP contribution in [0.3, 0.4) is 0 Å². The molecule has 0 saturated carbocycles. The molecule has 1 amide bonds. The van der Waals surface area contributed by atoms with Gasteiger partial charge in [0.15, 0.2) is 6.04 Å². The lowest BCUT2D eigenvalue weighted by molar-refractivity contribution is -0.146. The van der Waals surface area contributed by atoms with Crippen LogP contribution in [0, 0.1) is 6.92 Å². The molecule has 1 unspecified atom stereocenters. The number of ether oxygens (including phenoxy) is 1. The van der Waals surface area contributed by atoms with Crippen LogP contribution in [-0.2, 0) is 22.1 Å². The van der Waals surface area contributed by atoms with E-state index in [0.717, 1.165) is 17.7 Å². The molecule has 0 fully saturated rings. The van der Waals surface area contributed by atoms with Crippen molar-refractivity contribution in [1.29, 1.82) is 0 Å². The lowest BCUT2D eigenvalue weighted by atomic mass is 9.92. The number of halogens is 3. The van der Waals surface area contributed by atoms with Crippen LogP contribution in [-0.4, -0.2) is 35.4 Å². The van der Waals surface area contributed by atoms with E-state index in [1.807, 2.05) is 12.1 Å². The van der Waals surface area contributed by atoms with Crippen LogP contribution < -0.4 is 0 Å². The number of amides is 1. The van der Waals surface area contributed by atoms with Crippen LogP contribution >= 0.6 is 0 Å². The number of alkyl halides is 3. The normalized spacial score (nSPS) is 16.6. The van der Waals surface area contributed by atoms with E-state index in [4.69, 9.17) is 4.74 Å². The van der Waals surface area contributed by atoms with Gasteiger partial charge in [-0.3, -0.25) is 4.79 Å². The smallest absolute Gasteiger partial charge is 0.433 e. The summed E-state index contributed by atoms with van der Waals surface area (Å²) in [7, 11) is 1.23. The summed E-state index contributed by atoms with van der Waals surface area (Å²) in [5.41, 5.74) is 0.499. The molecular formula is C19H17F3N2O3. The molecule has 8 heteroatoms. The lowest BCUT2D eigenvalue weighted by Gasteiger charge is -2.35. The van der Waals surface area contributed by atoms with Gasteiger partial charge in [0, 0.05) is 6.54 Å². The molecule has 0 bridgehead atoms. The number of methoxy groups -OCH3 is 1. The Morgan fingerprint density at radius 3 is 2.52 bits per heavy atom. The third kappa shape index (κ3) is 3.51. The number of aryl methyl sites for hydroxylation is 1. The summed E-state index contributed by atoms with van der Waals surface area (Å²) < 4.78 is 43.3. The minimum Gasteiger partial charge on any atom is -0.467 e. The van der Waals surface area contributed by atoms with Gasteiger partial charge in [0.05, 0.1) is 18.4 Å². The van der Waals surface area contributed by atoms with Gasteiger partial charge in [0.2, 0.25) is 0 Å². The van der Waals surface area contributed by atoms with Crippen LogP contribution in [0.4, 0.5) is 13.2 Å². The summed E-state index contributed by atoms with van der Waals surface area (Å²) in [4.78, 5) is 30.2. The second kappa shape index (κ2) is 7.02. The van der Waals surface area contributed by atoms with E-state index in [-0.39, 0.29) is 17.8 Å². The number of esters is 1. The van der Waals surface area contributed by atoms with Crippen LogP contribution in [0.15, 0.2) is 36.4 Å². The third-order valence-corrected chi connectivity index (χ3v) is 4.58. The van der Waals surface area contributed by atoms with Gasteiger partial charge in [-0.15, -0.1) is 0 Å². The number of aromatic nitrogens is 1. The molecule has 2 heterocycles. The number of rotatable bonds is 2. The minimum atomic E-state index is -4.59. The van der Waals surface area contributed by atoms with E-state index in [0.29, 0.717) is 12.0 Å². The molecule has 5 nitrogen and oxygen atoms in total. The van der Waals surface area contributed by atoms with Gasteiger partial charge in [0.1, 0.15) is 5.69 Å². The highest BCUT2D eigenvalue weighted by Crippen LogP contribution is 2.33. The largest absolute Gasteiger partial charge is 0.467 e. The number of carbonyl (C=O) groups is 2. The molecule has 0 N–H and O–H groups in total. The Hall–Kier alpha value is -2.90. The van der Waals surface area contributed by atoms with Gasteiger partial charge < -0.3 is 9.64 Å². The fourth-order valence-corrected chi connectivity index (χ4v) is 3.25. The molecule has 1 aromatic heterocycles. The van der Waals surface area contributed by atoms with Gasteiger partial charge in [-0.05, 0) is 36.6 Å². The average Bonchev–Trinajstić information content (AvgIpc) is 2.65. The molecule has 27 heavy (non-hydrogen) atoms. The molecule has 3 rings (SSSR count). The molecule has 2 aromatic rings. The van der Waals surface area contributed by atoms with Gasteiger partial charge >= 0.3 is 12.1 Å². The summed E-state index contributed by atoms with van der Waals surface area (Å²) in [6.07, 6.45) is -4.06. The van der Waals surface area contributed by atoms with Crippen molar-refractivity contribution >= 4 is 11.9 Å². The Balaban J connectivity index is 2.00. The molecule has 1 aliphatic heterocycles. The average molecular weight is 378 g/mol. The molecule has 1 aliphatic rings. The second-order valence-electron chi connectivity index (χ2n) is 6.20. The van der Waals surface area contributed by atoms with E-state index >= 15 is 0 Å². The Labute approximate surface area is 153 Å². The van der Waals surface area contributed by atoms with Crippen molar-refractivity contribution in [3.8, 4) is 0 Å². The fraction of sp³-hybridized carbons (Fsp3) is 0.316. The summed E-state index contributed by atoms with van der Waals surface area (Å²) in [6, 6.07) is 8.14. The lowest BCUT2D eigenvalue weighted by Crippen LogP contribution is -2.44. The topological polar surface area (TPSA) is 59.5 Å². The van der Waals surface area contributed by atoms with E-state index in [9.17, 15) is 22.8 Å². The van der Waals surface area contributed by atoms with Crippen molar-refractivity contribution in [1.82, 2.24) is 9.88 Å². The van der Waals surface area contributed by atoms with E-state index in [1.54, 1.807) is 12.1 Å². The van der Waals surface area contributed by atoms with E-state index in [2.05, 4.69) is 4.98 Å². The number of nitrogens with zero attached hydrogens (tertiary/aromatic N) is 2. The van der Waals surface area contributed by atoms with E-state index in [1.165, 1.54) is 18.9 Å². The summed E-state index contributed by atoms with van der Waals surface area (Å²) in [5, 5.41) is 0. The highest BCUT2D eigenvalue weighted by Gasteiger charge is 2.38. The molecule has 0 spiro atoms. The van der Waals surface area contributed by atoms with Crippen molar-refractivity contribution in [2.75, 3.05) is 13.7 Å². The van der Waals surface area contributed by atoms with Crippen LogP contribution in [0.1, 0.15) is 38.9 Å². The zero-order valence-corrected chi connectivity index (χ0v) is 14.7. The standard InChI is InChI=1S/C19H17F3N2O3/c1-11-13(7-8-15(23-11)19(20,21)22)17(25)24-10-9-12-5-3-4-6-14(12)16(24)18(26)27-2/h3-8,16H,9-10H2,1-2H3. The zero-order valence-electron chi connectivity index (χ0n) is 14.7. The maximum absolute atomic E-state index is 13.0. The monoisotopic (exact) mass is 378 g/mol. The van der Waals surface area contributed by atoms with Crippen LogP contribution in [0.25, 0.3) is 0 Å². The Bertz CT molecular complexity index is 896. The molecule has 142 valence electrons. The molecule has 0 saturated heterocycles. The third-order valence-electron chi connectivity index (χ3n) is 4.58. The molecular weight excluding hydrogens is 361 g/mol. The number of hydrogen-bond acceptors (Lipinski definition) is 4. The number of pyridine rings is 1. The van der Waals surface area contributed by atoms with Crippen molar-refractivity contribution in [3.63, 3.8) is 0 Å². The van der Waals surface area contributed by atoms with Crippen LogP contribution in [0.5, 0.6) is 0 Å². The predicted molar refractivity (Wildman–Crippen MR) is 89.9 cm³/mol. The zero-order chi connectivity index (χ0) is 19.8. The summed E-state index contributed by atoms with van der Waals surface area (Å²) in [5.74, 6) is -1.16. The quantitative estimate of drug-likeness (QED) is 0.753. The van der Waals surface area contributed by atoms with Crippen molar-refractivity contribution in [2.24, 2.45) is 0 Å². The highest BCUT2D eigenvalue weighted by molar-refractivity contribution is 5.98. The first-order valence-corrected chi connectivity index (χ1v) is 8.25. The molecule has 0 radical (unpaired) electrons. The first-order valence-electron chi connectivity index (χ1n) is 8.25. The summed E-state index contributed by atoms with van der Waals surface area (Å²) in [6.45, 7) is 1.59. The van der Waals surface area contributed by atoms with Crippen molar-refractivity contribution < 1.29 is 27.5 Å². The first kappa shape index (κ1) is 18.9. The summed E-state index contributed by atoms with van der Waals surface area (Å²) >= 11 is 0. The first-order chi connectivity index (χ1) is 12.7. The van der Waals surface area contributed by atoms with Gasteiger partial charge in [-0.1, -0.05) is 24.3 Å².